The Kier molecular flexibility index (Phi) is 2.92. The molecule has 0 heterocycles. The van der Waals surface area contributed by atoms with E-state index in [-0.39, 0.29) is 0 Å². The standard InChI is InChI=1S/C12H13BrO/c1-14-12-7-6-10(8-11(12)13)9-4-2-3-5-9/h2-3,6-9H,4-5H2,1H3. The van der Waals surface area contributed by atoms with Crippen LogP contribution in [0.5, 0.6) is 5.75 Å². The van der Waals surface area contributed by atoms with Gasteiger partial charge in [-0.1, -0.05) is 18.2 Å². The van der Waals surface area contributed by atoms with Gasteiger partial charge in [0, 0.05) is 0 Å². The number of hydrogen-bond acceptors (Lipinski definition) is 1. The van der Waals surface area contributed by atoms with Gasteiger partial charge in [-0.25, -0.2) is 0 Å². The zero-order valence-corrected chi connectivity index (χ0v) is 9.75. The minimum atomic E-state index is 0.664. The van der Waals surface area contributed by atoms with Crippen LogP contribution in [0.1, 0.15) is 24.3 Å². The highest BCUT2D eigenvalue weighted by atomic mass is 79.9. The van der Waals surface area contributed by atoms with Crippen LogP contribution in [0.2, 0.25) is 0 Å². The van der Waals surface area contributed by atoms with Crippen molar-refractivity contribution >= 4 is 15.9 Å². The maximum absolute atomic E-state index is 5.20. The molecule has 0 radical (unpaired) electrons. The molecule has 1 nitrogen and oxygen atoms in total. The van der Waals surface area contributed by atoms with Gasteiger partial charge in [0.1, 0.15) is 5.75 Å². The second-order valence-corrected chi connectivity index (χ2v) is 4.39. The third-order valence-corrected chi connectivity index (χ3v) is 3.27. The molecule has 0 saturated carbocycles. The number of methoxy groups -OCH3 is 1. The van der Waals surface area contributed by atoms with Crippen molar-refractivity contribution in [2.45, 2.75) is 18.8 Å². The first-order chi connectivity index (χ1) is 6.81. The Hall–Kier alpha value is -0.760. The smallest absolute Gasteiger partial charge is 0.133 e. The molecule has 14 heavy (non-hydrogen) atoms. The Balaban J connectivity index is 2.23. The summed E-state index contributed by atoms with van der Waals surface area (Å²) in [5.41, 5.74) is 1.39. The van der Waals surface area contributed by atoms with E-state index in [1.165, 1.54) is 18.4 Å². The molecule has 1 aliphatic carbocycles. The van der Waals surface area contributed by atoms with Gasteiger partial charge in [0.25, 0.3) is 0 Å². The zero-order valence-electron chi connectivity index (χ0n) is 8.16. The third kappa shape index (κ3) is 1.85. The molecule has 1 aliphatic rings. The lowest BCUT2D eigenvalue weighted by Crippen LogP contribution is -1.93. The van der Waals surface area contributed by atoms with Gasteiger partial charge in [0.15, 0.2) is 0 Å². The van der Waals surface area contributed by atoms with Crippen LogP contribution in [-0.2, 0) is 0 Å². The van der Waals surface area contributed by atoms with Crippen LogP contribution in [0.4, 0.5) is 0 Å². The summed E-state index contributed by atoms with van der Waals surface area (Å²) in [7, 11) is 1.69. The number of rotatable bonds is 2. The lowest BCUT2D eigenvalue weighted by Gasteiger charge is -2.11. The van der Waals surface area contributed by atoms with Gasteiger partial charge < -0.3 is 4.74 Å². The van der Waals surface area contributed by atoms with Crippen LogP contribution in [0, 0.1) is 0 Å². The fourth-order valence-corrected chi connectivity index (χ4v) is 2.38. The van der Waals surface area contributed by atoms with E-state index in [0.717, 1.165) is 10.2 Å². The van der Waals surface area contributed by atoms with Gasteiger partial charge in [-0.3, -0.25) is 0 Å². The maximum atomic E-state index is 5.20. The Morgan fingerprint density at radius 1 is 1.29 bits per heavy atom. The van der Waals surface area contributed by atoms with E-state index in [1.54, 1.807) is 7.11 Å². The fraction of sp³-hybridized carbons (Fsp3) is 0.333. The largest absolute Gasteiger partial charge is 0.496 e. The quantitative estimate of drug-likeness (QED) is 0.726. The maximum Gasteiger partial charge on any atom is 0.133 e. The molecule has 0 N–H and O–H groups in total. The molecule has 0 saturated heterocycles. The topological polar surface area (TPSA) is 9.23 Å². The average Bonchev–Trinajstić information content (AvgIpc) is 2.70. The van der Waals surface area contributed by atoms with Gasteiger partial charge in [-0.05, 0) is 52.4 Å². The zero-order chi connectivity index (χ0) is 9.97. The summed E-state index contributed by atoms with van der Waals surface area (Å²) in [4.78, 5) is 0. The van der Waals surface area contributed by atoms with Crippen molar-refractivity contribution in [3.05, 3.63) is 40.4 Å². The van der Waals surface area contributed by atoms with Crippen LogP contribution >= 0.6 is 15.9 Å². The highest BCUT2D eigenvalue weighted by Crippen LogP contribution is 2.34. The van der Waals surface area contributed by atoms with Crippen LogP contribution in [-0.4, -0.2) is 7.11 Å². The lowest BCUT2D eigenvalue weighted by atomic mass is 9.97. The van der Waals surface area contributed by atoms with E-state index in [0.29, 0.717) is 5.92 Å². The van der Waals surface area contributed by atoms with E-state index >= 15 is 0 Å². The van der Waals surface area contributed by atoms with Crippen molar-refractivity contribution < 1.29 is 4.74 Å². The monoisotopic (exact) mass is 252 g/mol. The number of allylic oxidation sites excluding steroid dienone is 2. The number of ether oxygens (including phenoxy) is 1. The van der Waals surface area contributed by atoms with Crippen molar-refractivity contribution in [2.75, 3.05) is 7.11 Å². The average molecular weight is 253 g/mol. The lowest BCUT2D eigenvalue weighted by molar-refractivity contribution is 0.412. The summed E-state index contributed by atoms with van der Waals surface area (Å²) in [6.45, 7) is 0. The molecule has 0 fully saturated rings. The molecule has 0 spiro atoms. The SMILES string of the molecule is COc1ccc(C2CC=CC2)cc1Br. The molecule has 0 aliphatic heterocycles. The van der Waals surface area contributed by atoms with E-state index < -0.39 is 0 Å². The first kappa shape index (κ1) is 9.78. The Bertz CT molecular complexity index is 349. The van der Waals surface area contributed by atoms with Crippen LogP contribution in [0.3, 0.4) is 0 Å². The van der Waals surface area contributed by atoms with Crippen LogP contribution in [0.25, 0.3) is 0 Å². The highest BCUT2D eigenvalue weighted by molar-refractivity contribution is 9.10. The minimum Gasteiger partial charge on any atom is -0.496 e. The normalized spacial score (nSPS) is 16.1. The molecule has 0 bridgehead atoms. The summed E-state index contributed by atoms with van der Waals surface area (Å²) in [6, 6.07) is 6.34. The Labute approximate surface area is 92.9 Å². The van der Waals surface area contributed by atoms with Gasteiger partial charge in [0.05, 0.1) is 11.6 Å². The molecule has 0 aromatic heterocycles. The summed E-state index contributed by atoms with van der Waals surface area (Å²) in [5.74, 6) is 1.57. The summed E-state index contributed by atoms with van der Waals surface area (Å²) >= 11 is 3.51. The predicted molar refractivity (Wildman–Crippen MR) is 61.8 cm³/mol. The molecule has 1 aromatic rings. The number of benzene rings is 1. The predicted octanol–water partition coefficient (Wildman–Crippen LogP) is 3.89. The second kappa shape index (κ2) is 4.18. The highest BCUT2D eigenvalue weighted by Gasteiger charge is 2.13. The van der Waals surface area contributed by atoms with Gasteiger partial charge >= 0.3 is 0 Å². The molecular weight excluding hydrogens is 240 g/mol. The second-order valence-electron chi connectivity index (χ2n) is 3.53. The fourth-order valence-electron chi connectivity index (χ4n) is 1.83. The molecule has 2 heteroatoms. The molecular formula is C12H13BrO. The number of hydrogen-bond donors (Lipinski definition) is 0. The van der Waals surface area contributed by atoms with Crippen LogP contribution < -0.4 is 4.74 Å². The number of halogens is 1. The van der Waals surface area contributed by atoms with Crippen molar-refractivity contribution in [2.24, 2.45) is 0 Å². The molecule has 0 atom stereocenters. The van der Waals surface area contributed by atoms with E-state index in [1.807, 2.05) is 6.07 Å². The van der Waals surface area contributed by atoms with Crippen molar-refractivity contribution in [3.63, 3.8) is 0 Å². The first-order valence-corrected chi connectivity index (χ1v) is 5.59. The summed E-state index contributed by atoms with van der Waals surface area (Å²) < 4.78 is 6.25. The van der Waals surface area contributed by atoms with E-state index in [4.69, 9.17) is 4.74 Å². The third-order valence-electron chi connectivity index (χ3n) is 2.66. The van der Waals surface area contributed by atoms with E-state index in [9.17, 15) is 0 Å². The minimum absolute atomic E-state index is 0.664. The van der Waals surface area contributed by atoms with Crippen molar-refractivity contribution in [3.8, 4) is 5.75 Å². The van der Waals surface area contributed by atoms with E-state index in [2.05, 4.69) is 40.2 Å². The summed E-state index contributed by atoms with van der Waals surface area (Å²) in [6.07, 6.45) is 6.84. The Morgan fingerprint density at radius 3 is 2.57 bits per heavy atom. The van der Waals surface area contributed by atoms with Crippen LogP contribution in [0.15, 0.2) is 34.8 Å². The van der Waals surface area contributed by atoms with Crippen molar-refractivity contribution in [1.82, 2.24) is 0 Å². The first-order valence-electron chi connectivity index (χ1n) is 4.79. The summed E-state index contributed by atoms with van der Waals surface area (Å²) in [5, 5.41) is 0. The molecule has 1 aromatic carbocycles. The van der Waals surface area contributed by atoms with Gasteiger partial charge in [-0.15, -0.1) is 0 Å². The molecule has 2 rings (SSSR count). The van der Waals surface area contributed by atoms with Gasteiger partial charge in [-0.2, -0.15) is 0 Å². The van der Waals surface area contributed by atoms with Gasteiger partial charge in [0.2, 0.25) is 0 Å². The Morgan fingerprint density at radius 2 is 2.00 bits per heavy atom. The molecule has 0 unspecified atom stereocenters. The van der Waals surface area contributed by atoms with Crippen molar-refractivity contribution in [1.29, 1.82) is 0 Å². The molecule has 0 amide bonds. The molecule has 74 valence electrons.